The maximum atomic E-state index is 4.60. The van der Waals surface area contributed by atoms with Crippen molar-refractivity contribution < 1.29 is 0 Å². The molecule has 0 aliphatic rings. The van der Waals surface area contributed by atoms with Gasteiger partial charge in [0.2, 0.25) is 0 Å². The van der Waals surface area contributed by atoms with Crippen LogP contribution in [0.25, 0.3) is 5.65 Å². The molecule has 0 radical (unpaired) electrons. The predicted octanol–water partition coefficient (Wildman–Crippen LogP) is 2.86. The fraction of sp³-hybridized carbons (Fsp3) is 0.500. The summed E-state index contributed by atoms with van der Waals surface area (Å²) in [4.78, 5) is 9.04. The molecule has 2 heterocycles. The molecule has 1 unspecified atom stereocenters. The number of rotatable bonds is 2. The number of hydrogen-bond donors (Lipinski definition) is 0. The smallest absolute Gasteiger partial charge is 0.158 e. The van der Waals surface area contributed by atoms with Crippen molar-refractivity contribution in [1.29, 1.82) is 0 Å². The van der Waals surface area contributed by atoms with Crippen LogP contribution < -0.4 is 0 Å². The van der Waals surface area contributed by atoms with E-state index in [2.05, 4.69) is 40.6 Å². The van der Waals surface area contributed by atoms with Crippen LogP contribution in [0.2, 0.25) is 0 Å². The van der Waals surface area contributed by atoms with Crippen molar-refractivity contribution in [3.05, 3.63) is 29.5 Å². The van der Waals surface area contributed by atoms with Gasteiger partial charge in [0.1, 0.15) is 0 Å². The first-order valence-electron chi connectivity index (χ1n) is 5.44. The maximum absolute atomic E-state index is 4.60. The quantitative estimate of drug-likeness (QED) is 0.751. The van der Waals surface area contributed by atoms with Crippen molar-refractivity contribution in [3.8, 4) is 0 Å². The van der Waals surface area contributed by atoms with E-state index in [1.54, 1.807) is 0 Å². The topological polar surface area (TPSA) is 30.2 Å². The zero-order valence-corrected chi connectivity index (χ0v) is 9.78. The molecule has 0 aliphatic carbocycles. The molecule has 80 valence electrons. The molecule has 0 saturated carbocycles. The zero-order valence-electron chi connectivity index (χ0n) is 9.78. The summed E-state index contributed by atoms with van der Waals surface area (Å²) >= 11 is 0. The number of fused-ring (bicyclic) bond motifs is 1. The molecule has 0 aliphatic heterocycles. The third kappa shape index (κ3) is 1.74. The summed E-state index contributed by atoms with van der Waals surface area (Å²) in [6, 6.07) is 0. The van der Waals surface area contributed by atoms with E-state index in [0.717, 1.165) is 29.1 Å². The van der Waals surface area contributed by atoms with Crippen LogP contribution in [-0.4, -0.2) is 14.4 Å². The van der Waals surface area contributed by atoms with Gasteiger partial charge in [0.15, 0.2) is 5.65 Å². The number of aryl methyl sites for hydroxylation is 2. The summed E-state index contributed by atoms with van der Waals surface area (Å²) in [6.07, 6.45) is 5.26. The normalized spacial score (nSPS) is 13.3. The number of aromatic nitrogens is 3. The van der Waals surface area contributed by atoms with Crippen molar-refractivity contribution in [2.45, 2.75) is 40.0 Å². The molecule has 3 heteroatoms. The Kier molecular flexibility index (Phi) is 2.47. The minimum absolute atomic E-state index is 0.510. The molecule has 0 amide bonds. The van der Waals surface area contributed by atoms with Crippen molar-refractivity contribution in [2.75, 3.05) is 0 Å². The average molecular weight is 203 g/mol. The van der Waals surface area contributed by atoms with E-state index in [1.807, 2.05) is 13.8 Å². The molecule has 0 bridgehead atoms. The Morgan fingerprint density at radius 2 is 2.00 bits per heavy atom. The van der Waals surface area contributed by atoms with E-state index in [9.17, 15) is 0 Å². The van der Waals surface area contributed by atoms with Gasteiger partial charge in [0, 0.05) is 12.4 Å². The van der Waals surface area contributed by atoms with Gasteiger partial charge in [-0.2, -0.15) is 0 Å². The van der Waals surface area contributed by atoms with Crippen molar-refractivity contribution in [2.24, 2.45) is 0 Å². The molecule has 15 heavy (non-hydrogen) atoms. The number of imidazole rings is 1. The van der Waals surface area contributed by atoms with E-state index < -0.39 is 0 Å². The van der Waals surface area contributed by atoms with Gasteiger partial charge in [-0.1, -0.05) is 13.8 Å². The Morgan fingerprint density at radius 3 is 2.67 bits per heavy atom. The SMILES string of the molecule is CCC(C)c1cn2cc(C)nc2c(C)n1. The van der Waals surface area contributed by atoms with Gasteiger partial charge in [-0.05, 0) is 26.2 Å². The summed E-state index contributed by atoms with van der Waals surface area (Å²) < 4.78 is 2.08. The maximum Gasteiger partial charge on any atom is 0.158 e. The molecule has 2 rings (SSSR count). The van der Waals surface area contributed by atoms with Gasteiger partial charge in [-0.25, -0.2) is 4.98 Å². The van der Waals surface area contributed by atoms with Gasteiger partial charge in [-0.15, -0.1) is 0 Å². The predicted molar refractivity (Wildman–Crippen MR) is 61.2 cm³/mol. The van der Waals surface area contributed by atoms with Crippen LogP contribution in [0.15, 0.2) is 12.4 Å². The molecule has 1 atom stereocenters. The van der Waals surface area contributed by atoms with E-state index in [1.165, 1.54) is 0 Å². The first-order valence-corrected chi connectivity index (χ1v) is 5.44. The molecule has 0 N–H and O–H groups in total. The Bertz CT molecular complexity index is 485. The summed E-state index contributed by atoms with van der Waals surface area (Å²) in [5.74, 6) is 0.510. The van der Waals surface area contributed by atoms with Crippen LogP contribution >= 0.6 is 0 Å². The highest BCUT2D eigenvalue weighted by atomic mass is 15.0. The summed E-state index contributed by atoms with van der Waals surface area (Å²) in [6.45, 7) is 8.42. The van der Waals surface area contributed by atoms with Crippen molar-refractivity contribution >= 4 is 5.65 Å². The van der Waals surface area contributed by atoms with Crippen LogP contribution in [0.1, 0.15) is 43.3 Å². The minimum Gasteiger partial charge on any atom is -0.303 e. The van der Waals surface area contributed by atoms with Crippen molar-refractivity contribution in [1.82, 2.24) is 14.4 Å². The van der Waals surface area contributed by atoms with Crippen LogP contribution in [0.4, 0.5) is 0 Å². The molecular formula is C12H17N3. The molecule has 0 saturated heterocycles. The van der Waals surface area contributed by atoms with E-state index >= 15 is 0 Å². The van der Waals surface area contributed by atoms with Gasteiger partial charge < -0.3 is 4.40 Å². The largest absolute Gasteiger partial charge is 0.303 e. The summed E-state index contributed by atoms with van der Waals surface area (Å²) in [7, 11) is 0. The monoisotopic (exact) mass is 203 g/mol. The minimum atomic E-state index is 0.510. The average Bonchev–Trinajstić information content (AvgIpc) is 2.58. The van der Waals surface area contributed by atoms with Crippen LogP contribution in [0.3, 0.4) is 0 Å². The van der Waals surface area contributed by atoms with Gasteiger partial charge in [0.05, 0.1) is 17.1 Å². The summed E-state index contributed by atoms with van der Waals surface area (Å²) in [5.41, 5.74) is 4.18. The van der Waals surface area contributed by atoms with E-state index in [0.29, 0.717) is 5.92 Å². The van der Waals surface area contributed by atoms with Crippen LogP contribution in [-0.2, 0) is 0 Å². The third-order valence-electron chi connectivity index (χ3n) is 2.86. The second-order valence-corrected chi connectivity index (χ2v) is 4.17. The van der Waals surface area contributed by atoms with E-state index in [4.69, 9.17) is 0 Å². The second-order valence-electron chi connectivity index (χ2n) is 4.17. The van der Waals surface area contributed by atoms with Crippen molar-refractivity contribution in [3.63, 3.8) is 0 Å². The third-order valence-corrected chi connectivity index (χ3v) is 2.86. The Balaban J connectivity index is 2.61. The Hall–Kier alpha value is -1.38. The lowest BCUT2D eigenvalue weighted by Gasteiger charge is -2.09. The fourth-order valence-corrected chi connectivity index (χ4v) is 1.74. The fourth-order valence-electron chi connectivity index (χ4n) is 1.74. The highest BCUT2D eigenvalue weighted by Gasteiger charge is 2.09. The number of nitrogens with zero attached hydrogens (tertiary/aromatic N) is 3. The lowest BCUT2D eigenvalue weighted by Crippen LogP contribution is -2.01. The molecule has 0 aromatic carbocycles. The Morgan fingerprint density at radius 1 is 1.27 bits per heavy atom. The summed E-state index contributed by atoms with van der Waals surface area (Å²) in [5, 5.41) is 0. The zero-order chi connectivity index (χ0) is 11.0. The standard InChI is InChI=1S/C12H17N3/c1-5-8(2)11-7-15-6-9(3)13-12(15)10(4)14-11/h6-8H,5H2,1-4H3. The second kappa shape index (κ2) is 3.65. The highest BCUT2D eigenvalue weighted by molar-refractivity contribution is 5.45. The van der Waals surface area contributed by atoms with Gasteiger partial charge in [0.25, 0.3) is 0 Å². The lowest BCUT2D eigenvalue weighted by molar-refractivity contribution is 0.697. The molecule has 0 fully saturated rings. The lowest BCUT2D eigenvalue weighted by atomic mass is 10.1. The molecule has 3 nitrogen and oxygen atoms in total. The molecule has 2 aromatic rings. The highest BCUT2D eigenvalue weighted by Crippen LogP contribution is 2.18. The molecule has 2 aromatic heterocycles. The number of hydrogen-bond acceptors (Lipinski definition) is 2. The first-order chi connectivity index (χ1) is 7.11. The Labute approximate surface area is 90.2 Å². The van der Waals surface area contributed by atoms with E-state index in [-0.39, 0.29) is 0 Å². The molecular weight excluding hydrogens is 186 g/mol. The van der Waals surface area contributed by atoms with Gasteiger partial charge >= 0.3 is 0 Å². The van der Waals surface area contributed by atoms with Crippen LogP contribution in [0.5, 0.6) is 0 Å². The van der Waals surface area contributed by atoms with Crippen LogP contribution in [0, 0.1) is 13.8 Å². The molecule has 0 spiro atoms. The first kappa shape index (κ1) is 10.1. The van der Waals surface area contributed by atoms with Gasteiger partial charge in [-0.3, -0.25) is 4.98 Å².